The summed E-state index contributed by atoms with van der Waals surface area (Å²) in [4.78, 5) is 4.57. The number of hydrogen-bond donors (Lipinski definition) is 2. The number of rotatable bonds is 2. The van der Waals surface area contributed by atoms with Gasteiger partial charge >= 0.3 is 0 Å². The number of nitrogens with one attached hydrogen (secondary N) is 1. The summed E-state index contributed by atoms with van der Waals surface area (Å²) in [5.74, 6) is 0.654. The molecule has 2 heterocycles. The number of aliphatic hydroxyl groups excluding tert-OH is 1. The van der Waals surface area contributed by atoms with Crippen molar-refractivity contribution in [3.05, 3.63) is 52.5 Å². The third-order valence-corrected chi connectivity index (χ3v) is 5.71. The topological polar surface area (TPSA) is 78.2 Å². The Morgan fingerprint density at radius 2 is 2.12 bits per heavy atom. The Morgan fingerprint density at radius 1 is 1.31 bits per heavy atom. The van der Waals surface area contributed by atoms with Crippen LogP contribution in [0.25, 0.3) is 10.2 Å². The first-order valence-corrected chi connectivity index (χ1v) is 9.30. The number of aromatic nitrogens is 1. The van der Waals surface area contributed by atoms with Crippen molar-refractivity contribution in [2.24, 2.45) is 0 Å². The molecule has 0 bridgehead atoms. The Balaban J connectivity index is 1.77. The first kappa shape index (κ1) is 17.1. The van der Waals surface area contributed by atoms with Gasteiger partial charge in [0.15, 0.2) is 5.13 Å². The maximum atomic E-state index is 10.9. The number of thiazole rings is 1. The zero-order valence-electron chi connectivity index (χ0n) is 14.2. The first-order chi connectivity index (χ1) is 12.4. The normalized spacial score (nSPS) is 20.9. The SMILES string of the molecule is CC1(C)Oc2ccc(C#N)cc2C(Nc2nc3cc(Cl)ccc3s2)C1O. The number of ether oxygens (including phenoxy) is 1. The van der Waals surface area contributed by atoms with E-state index < -0.39 is 17.7 Å². The third-order valence-electron chi connectivity index (χ3n) is 4.50. The van der Waals surface area contributed by atoms with Gasteiger partial charge < -0.3 is 15.2 Å². The molecular formula is C19H16ClN3O2S. The summed E-state index contributed by atoms with van der Waals surface area (Å²) in [6.07, 6.45) is -0.820. The van der Waals surface area contributed by atoms with E-state index in [9.17, 15) is 10.4 Å². The molecule has 2 N–H and O–H groups in total. The quantitative estimate of drug-likeness (QED) is 0.678. The Hall–Kier alpha value is -2.33. The summed E-state index contributed by atoms with van der Waals surface area (Å²) in [5.41, 5.74) is 1.28. The molecule has 5 nitrogen and oxygen atoms in total. The molecule has 1 aromatic heterocycles. The number of nitrogens with zero attached hydrogens (tertiary/aromatic N) is 2. The molecule has 0 saturated carbocycles. The van der Waals surface area contributed by atoms with Crippen molar-refractivity contribution in [2.75, 3.05) is 5.32 Å². The van der Waals surface area contributed by atoms with Crippen molar-refractivity contribution < 1.29 is 9.84 Å². The highest BCUT2D eigenvalue weighted by molar-refractivity contribution is 7.22. The molecule has 1 aliphatic rings. The van der Waals surface area contributed by atoms with Crippen molar-refractivity contribution in [1.29, 1.82) is 5.26 Å². The number of nitriles is 1. The van der Waals surface area contributed by atoms with Crippen molar-refractivity contribution in [2.45, 2.75) is 31.6 Å². The number of halogens is 1. The van der Waals surface area contributed by atoms with Gasteiger partial charge in [0.1, 0.15) is 17.5 Å². The van der Waals surface area contributed by atoms with Gasteiger partial charge in [-0.2, -0.15) is 5.26 Å². The lowest BCUT2D eigenvalue weighted by atomic mass is 9.86. The van der Waals surface area contributed by atoms with Crippen LogP contribution in [-0.4, -0.2) is 21.8 Å². The van der Waals surface area contributed by atoms with Crippen LogP contribution < -0.4 is 10.1 Å². The molecule has 0 amide bonds. The van der Waals surface area contributed by atoms with E-state index >= 15 is 0 Å². The van der Waals surface area contributed by atoms with Gasteiger partial charge in [-0.05, 0) is 50.2 Å². The molecule has 3 aromatic rings. The minimum atomic E-state index is -0.820. The predicted molar refractivity (Wildman–Crippen MR) is 103 cm³/mol. The average molecular weight is 386 g/mol. The maximum absolute atomic E-state index is 10.9. The molecule has 0 saturated heterocycles. The van der Waals surface area contributed by atoms with E-state index in [2.05, 4.69) is 16.4 Å². The van der Waals surface area contributed by atoms with Gasteiger partial charge in [-0.15, -0.1) is 0 Å². The molecule has 0 radical (unpaired) electrons. The van der Waals surface area contributed by atoms with Gasteiger partial charge in [-0.25, -0.2) is 4.98 Å². The molecule has 0 fully saturated rings. The van der Waals surface area contributed by atoms with E-state index in [-0.39, 0.29) is 0 Å². The summed E-state index contributed by atoms with van der Waals surface area (Å²) in [6.45, 7) is 3.68. The average Bonchev–Trinajstić information content (AvgIpc) is 3.00. The van der Waals surface area contributed by atoms with Crippen LogP contribution in [0.3, 0.4) is 0 Å². The third kappa shape index (κ3) is 2.88. The fraction of sp³-hybridized carbons (Fsp3) is 0.263. The summed E-state index contributed by atoms with van der Waals surface area (Å²) in [6, 6.07) is 12.5. The fourth-order valence-electron chi connectivity index (χ4n) is 3.12. The standard InChI is InChI=1S/C19H16ClN3O2S/c1-19(2)17(24)16(12-7-10(9-21)3-5-14(12)25-19)23-18-22-13-8-11(20)4-6-15(13)26-18/h3-8,16-17,24H,1-2H3,(H,22,23). The lowest BCUT2D eigenvalue weighted by molar-refractivity contribution is -0.0532. The van der Waals surface area contributed by atoms with E-state index in [4.69, 9.17) is 16.3 Å². The van der Waals surface area contributed by atoms with Gasteiger partial charge in [0.05, 0.1) is 27.9 Å². The molecule has 2 aromatic carbocycles. The highest BCUT2D eigenvalue weighted by atomic mass is 35.5. The smallest absolute Gasteiger partial charge is 0.184 e. The van der Waals surface area contributed by atoms with Crippen molar-refractivity contribution in [1.82, 2.24) is 4.98 Å². The van der Waals surface area contributed by atoms with Crippen LogP contribution in [0.5, 0.6) is 5.75 Å². The highest BCUT2D eigenvalue weighted by Gasteiger charge is 2.43. The number of hydrogen-bond acceptors (Lipinski definition) is 6. The fourth-order valence-corrected chi connectivity index (χ4v) is 4.17. The first-order valence-electron chi connectivity index (χ1n) is 8.11. The maximum Gasteiger partial charge on any atom is 0.184 e. The Morgan fingerprint density at radius 3 is 2.88 bits per heavy atom. The van der Waals surface area contributed by atoms with E-state index in [1.165, 1.54) is 11.3 Å². The minimum absolute atomic E-state index is 0.446. The summed E-state index contributed by atoms with van der Waals surface area (Å²) in [5, 5.41) is 24.7. The van der Waals surface area contributed by atoms with Gasteiger partial charge in [0.25, 0.3) is 0 Å². The van der Waals surface area contributed by atoms with Crippen LogP contribution in [0.2, 0.25) is 5.02 Å². The molecule has 0 spiro atoms. The van der Waals surface area contributed by atoms with E-state index in [1.54, 1.807) is 18.2 Å². The molecule has 0 aliphatic carbocycles. The second-order valence-corrected chi connectivity index (χ2v) is 8.23. The number of benzene rings is 2. The van der Waals surface area contributed by atoms with Gasteiger partial charge in [0.2, 0.25) is 0 Å². The van der Waals surface area contributed by atoms with Gasteiger partial charge in [-0.3, -0.25) is 0 Å². The summed E-state index contributed by atoms with van der Waals surface area (Å²) in [7, 11) is 0. The molecule has 2 unspecified atom stereocenters. The largest absolute Gasteiger partial charge is 0.485 e. The Labute approximate surface area is 159 Å². The van der Waals surface area contributed by atoms with Crippen LogP contribution >= 0.6 is 22.9 Å². The van der Waals surface area contributed by atoms with Gasteiger partial charge in [-0.1, -0.05) is 22.9 Å². The molecule has 2 atom stereocenters. The van der Waals surface area contributed by atoms with E-state index in [1.807, 2.05) is 32.0 Å². The number of aliphatic hydroxyl groups is 1. The molecule has 4 rings (SSSR count). The summed E-state index contributed by atoms with van der Waals surface area (Å²) < 4.78 is 6.94. The van der Waals surface area contributed by atoms with Crippen molar-refractivity contribution in [3.63, 3.8) is 0 Å². The molecule has 26 heavy (non-hydrogen) atoms. The van der Waals surface area contributed by atoms with Crippen LogP contribution in [-0.2, 0) is 0 Å². The minimum Gasteiger partial charge on any atom is -0.485 e. The molecular weight excluding hydrogens is 370 g/mol. The zero-order chi connectivity index (χ0) is 18.5. The van der Waals surface area contributed by atoms with Crippen molar-refractivity contribution >= 4 is 38.3 Å². The molecule has 7 heteroatoms. The molecule has 132 valence electrons. The van der Waals surface area contributed by atoms with Crippen LogP contribution in [0, 0.1) is 11.3 Å². The van der Waals surface area contributed by atoms with Crippen LogP contribution in [0.1, 0.15) is 31.0 Å². The lowest BCUT2D eigenvalue weighted by Gasteiger charge is -2.42. The van der Waals surface area contributed by atoms with Crippen LogP contribution in [0.15, 0.2) is 36.4 Å². The van der Waals surface area contributed by atoms with E-state index in [0.717, 1.165) is 15.8 Å². The second kappa shape index (κ2) is 6.13. The van der Waals surface area contributed by atoms with E-state index in [0.29, 0.717) is 21.5 Å². The van der Waals surface area contributed by atoms with Crippen LogP contribution in [0.4, 0.5) is 5.13 Å². The lowest BCUT2D eigenvalue weighted by Crippen LogP contribution is -2.50. The molecule has 1 aliphatic heterocycles. The van der Waals surface area contributed by atoms with Crippen molar-refractivity contribution in [3.8, 4) is 11.8 Å². The highest BCUT2D eigenvalue weighted by Crippen LogP contribution is 2.42. The zero-order valence-corrected chi connectivity index (χ0v) is 15.7. The second-order valence-electron chi connectivity index (χ2n) is 6.77. The Bertz CT molecular complexity index is 1040. The monoisotopic (exact) mass is 385 g/mol. The van der Waals surface area contributed by atoms with Gasteiger partial charge in [0, 0.05) is 10.6 Å². The Kier molecular flexibility index (Phi) is 4.03. The predicted octanol–water partition coefficient (Wildman–Crippen LogP) is 4.51. The number of anilines is 1. The summed E-state index contributed by atoms with van der Waals surface area (Å²) >= 11 is 7.53. The number of fused-ring (bicyclic) bond motifs is 2.